The van der Waals surface area contributed by atoms with Gasteiger partial charge in [-0.3, -0.25) is 4.79 Å². The summed E-state index contributed by atoms with van der Waals surface area (Å²) in [6.07, 6.45) is 1.36. The Morgan fingerprint density at radius 3 is 2.40 bits per heavy atom. The summed E-state index contributed by atoms with van der Waals surface area (Å²) in [4.78, 5) is 13.8. The number of rotatable bonds is 7. The molecule has 0 saturated carbocycles. The number of hydrogen-bond donors (Lipinski definition) is 2. The molecule has 0 radical (unpaired) electrons. The van der Waals surface area contributed by atoms with Crippen molar-refractivity contribution >= 4 is 5.91 Å². The molecule has 15 heavy (non-hydrogen) atoms. The van der Waals surface area contributed by atoms with Crippen molar-refractivity contribution in [2.24, 2.45) is 11.7 Å². The monoisotopic (exact) mass is 216 g/mol. The first-order chi connectivity index (χ1) is 7.04. The molecular weight excluding hydrogens is 192 g/mol. The van der Waals surface area contributed by atoms with E-state index in [1.165, 1.54) is 0 Å². The molecule has 4 nitrogen and oxygen atoms in total. The molecular formula is C11H24N2O2. The van der Waals surface area contributed by atoms with Crippen LogP contribution < -0.4 is 5.73 Å². The Kier molecular flexibility index (Phi) is 7.34. The molecule has 0 aromatic heterocycles. The van der Waals surface area contributed by atoms with Crippen LogP contribution in [-0.2, 0) is 4.79 Å². The van der Waals surface area contributed by atoms with Gasteiger partial charge in [-0.2, -0.15) is 0 Å². The quantitative estimate of drug-likeness (QED) is 0.654. The number of aliphatic hydroxyl groups is 1. The van der Waals surface area contributed by atoms with E-state index in [1.807, 2.05) is 25.7 Å². The van der Waals surface area contributed by atoms with Gasteiger partial charge in [0, 0.05) is 25.1 Å². The maximum absolute atomic E-state index is 12.0. The van der Waals surface area contributed by atoms with Crippen LogP contribution in [-0.4, -0.2) is 41.7 Å². The van der Waals surface area contributed by atoms with Crippen molar-refractivity contribution in [1.29, 1.82) is 0 Å². The minimum absolute atomic E-state index is 0.0175. The fourth-order valence-electron chi connectivity index (χ4n) is 1.52. The smallest absolute Gasteiger partial charge is 0.225 e. The molecule has 0 bridgehead atoms. The van der Waals surface area contributed by atoms with Crippen molar-refractivity contribution in [2.75, 3.05) is 19.7 Å². The highest BCUT2D eigenvalue weighted by Gasteiger charge is 2.21. The number of aliphatic hydroxyl groups excluding tert-OH is 1. The number of amides is 1. The molecule has 1 atom stereocenters. The lowest BCUT2D eigenvalue weighted by Gasteiger charge is -2.29. The normalized spacial score (nSPS) is 12.9. The highest BCUT2D eigenvalue weighted by molar-refractivity contribution is 5.78. The molecule has 0 aliphatic rings. The lowest BCUT2D eigenvalue weighted by molar-refractivity contribution is -0.137. The van der Waals surface area contributed by atoms with Gasteiger partial charge < -0.3 is 15.7 Å². The third kappa shape index (κ3) is 5.14. The molecule has 0 aromatic rings. The van der Waals surface area contributed by atoms with Gasteiger partial charge in [0.2, 0.25) is 5.91 Å². The minimum atomic E-state index is -0.0175. The second-order valence-corrected chi connectivity index (χ2v) is 4.18. The largest absolute Gasteiger partial charge is 0.396 e. The van der Waals surface area contributed by atoms with Gasteiger partial charge in [-0.1, -0.05) is 6.92 Å². The molecule has 0 rings (SSSR count). The van der Waals surface area contributed by atoms with E-state index >= 15 is 0 Å². The van der Waals surface area contributed by atoms with Crippen molar-refractivity contribution in [3.63, 3.8) is 0 Å². The molecule has 1 unspecified atom stereocenters. The molecule has 90 valence electrons. The van der Waals surface area contributed by atoms with E-state index in [2.05, 4.69) is 0 Å². The van der Waals surface area contributed by atoms with Crippen LogP contribution in [0.3, 0.4) is 0 Å². The zero-order valence-corrected chi connectivity index (χ0v) is 10.1. The zero-order valence-electron chi connectivity index (χ0n) is 10.1. The topological polar surface area (TPSA) is 66.6 Å². The van der Waals surface area contributed by atoms with Gasteiger partial charge in [0.05, 0.1) is 0 Å². The number of nitrogens with zero attached hydrogens (tertiary/aromatic N) is 1. The third-order valence-electron chi connectivity index (χ3n) is 2.48. The van der Waals surface area contributed by atoms with E-state index in [0.717, 1.165) is 6.42 Å². The van der Waals surface area contributed by atoms with E-state index in [4.69, 9.17) is 10.8 Å². The Bertz CT molecular complexity index is 183. The fourth-order valence-corrected chi connectivity index (χ4v) is 1.52. The Balaban J connectivity index is 4.27. The summed E-state index contributed by atoms with van der Waals surface area (Å²) in [5.41, 5.74) is 5.43. The molecule has 0 aromatic carbocycles. The van der Waals surface area contributed by atoms with Crippen LogP contribution in [0.5, 0.6) is 0 Å². The minimum Gasteiger partial charge on any atom is -0.396 e. The van der Waals surface area contributed by atoms with E-state index in [1.54, 1.807) is 0 Å². The van der Waals surface area contributed by atoms with Crippen LogP contribution in [0, 0.1) is 5.92 Å². The zero-order chi connectivity index (χ0) is 11.8. The summed E-state index contributed by atoms with van der Waals surface area (Å²) >= 11 is 0. The molecule has 0 saturated heterocycles. The van der Waals surface area contributed by atoms with Crippen LogP contribution in [0.2, 0.25) is 0 Å². The molecule has 0 fully saturated rings. The van der Waals surface area contributed by atoms with Crippen LogP contribution in [0.1, 0.15) is 33.6 Å². The summed E-state index contributed by atoms with van der Waals surface area (Å²) in [5.74, 6) is 0.125. The molecule has 4 heteroatoms. The Labute approximate surface area is 92.4 Å². The number of hydrogen-bond acceptors (Lipinski definition) is 3. The van der Waals surface area contributed by atoms with Gasteiger partial charge in [-0.25, -0.2) is 0 Å². The van der Waals surface area contributed by atoms with Crippen molar-refractivity contribution in [3.05, 3.63) is 0 Å². The predicted octanol–water partition coefficient (Wildman–Crippen LogP) is 0.591. The van der Waals surface area contributed by atoms with Gasteiger partial charge in [-0.05, 0) is 33.2 Å². The predicted molar refractivity (Wildman–Crippen MR) is 61.4 cm³/mol. The summed E-state index contributed by atoms with van der Waals surface area (Å²) < 4.78 is 0. The summed E-state index contributed by atoms with van der Waals surface area (Å²) in [5, 5.41) is 8.76. The van der Waals surface area contributed by atoms with Crippen molar-refractivity contribution in [2.45, 2.75) is 39.7 Å². The number of nitrogens with two attached hydrogens (primary N) is 1. The van der Waals surface area contributed by atoms with Crippen LogP contribution in [0.15, 0.2) is 0 Å². The third-order valence-corrected chi connectivity index (χ3v) is 2.48. The fraction of sp³-hybridized carbons (Fsp3) is 0.909. The van der Waals surface area contributed by atoms with Crippen LogP contribution in [0.4, 0.5) is 0 Å². The molecule has 0 heterocycles. The van der Waals surface area contributed by atoms with Gasteiger partial charge in [0.1, 0.15) is 0 Å². The first kappa shape index (κ1) is 14.4. The van der Waals surface area contributed by atoms with E-state index < -0.39 is 0 Å². The van der Waals surface area contributed by atoms with Gasteiger partial charge >= 0.3 is 0 Å². The van der Waals surface area contributed by atoms with E-state index in [0.29, 0.717) is 19.5 Å². The highest BCUT2D eigenvalue weighted by atomic mass is 16.3. The van der Waals surface area contributed by atoms with Gasteiger partial charge in [0.25, 0.3) is 0 Å². The second-order valence-electron chi connectivity index (χ2n) is 4.18. The van der Waals surface area contributed by atoms with Crippen LogP contribution in [0.25, 0.3) is 0 Å². The average Bonchev–Trinajstić information content (AvgIpc) is 2.18. The van der Waals surface area contributed by atoms with Crippen molar-refractivity contribution < 1.29 is 9.90 Å². The summed E-state index contributed by atoms with van der Waals surface area (Å²) in [6, 6.07) is 0.185. The van der Waals surface area contributed by atoms with Crippen molar-refractivity contribution in [1.82, 2.24) is 4.90 Å². The van der Waals surface area contributed by atoms with E-state index in [9.17, 15) is 4.79 Å². The number of carbonyl (C=O) groups is 1. The SMILES string of the molecule is CC(CCN)C(=O)N(CCCO)C(C)C. The highest BCUT2D eigenvalue weighted by Crippen LogP contribution is 2.10. The molecule has 3 N–H and O–H groups in total. The Morgan fingerprint density at radius 2 is 2.00 bits per heavy atom. The van der Waals surface area contributed by atoms with Gasteiger partial charge in [0.15, 0.2) is 0 Å². The maximum Gasteiger partial charge on any atom is 0.225 e. The lowest BCUT2D eigenvalue weighted by Crippen LogP contribution is -2.41. The number of carbonyl (C=O) groups excluding carboxylic acids is 1. The maximum atomic E-state index is 12.0. The first-order valence-corrected chi connectivity index (χ1v) is 5.66. The van der Waals surface area contributed by atoms with E-state index in [-0.39, 0.29) is 24.5 Å². The van der Waals surface area contributed by atoms with Gasteiger partial charge in [-0.15, -0.1) is 0 Å². The first-order valence-electron chi connectivity index (χ1n) is 5.66. The van der Waals surface area contributed by atoms with Crippen molar-refractivity contribution in [3.8, 4) is 0 Å². The summed E-state index contributed by atoms with van der Waals surface area (Å²) in [7, 11) is 0. The average molecular weight is 216 g/mol. The lowest BCUT2D eigenvalue weighted by atomic mass is 10.1. The molecule has 0 aliphatic heterocycles. The second kappa shape index (κ2) is 7.65. The molecule has 1 amide bonds. The van der Waals surface area contributed by atoms with Crippen LogP contribution >= 0.6 is 0 Å². The Hall–Kier alpha value is -0.610. The standard InChI is InChI=1S/C11H24N2O2/c1-9(2)13(7-4-8-14)11(15)10(3)5-6-12/h9-10,14H,4-8,12H2,1-3H3. The Morgan fingerprint density at radius 1 is 1.40 bits per heavy atom. The summed E-state index contributed by atoms with van der Waals surface area (Å²) in [6.45, 7) is 7.18. The molecule has 0 spiro atoms. The molecule has 0 aliphatic carbocycles.